The summed E-state index contributed by atoms with van der Waals surface area (Å²) in [5.41, 5.74) is 2.54. The summed E-state index contributed by atoms with van der Waals surface area (Å²) in [6.45, 7) is 9.14. The van der Waals surface area contributed by atoms with Crippen molar-refractivity contribution in [3.8, 4) is 5.69 Å². The van der Waals surface area contributed by atoms with Crippen LogP contribution in [0.15, 0.2) is 70.8 Å². The molecule has 4 rings (SSSR count). The van der Waals surface area contributed by atoms with E-state index in [2.05, 4.69) is 39.8 Å². The lowest BCUT2D eigenvalue weighted by atomic mass is 10.1. The second-order valence-electron chi connectivity index (χ2n) is 9.60. The molecular formula is C30H35N3O2S. The topological polar surface area (TPSA) is 55.2 Å². The second-order valence-corrected chi connectivity index (χ2v) is 10.6. The van der Waals surface area contributed by atoms with Crippen molar-refractivity contribution in [3.63, 3.8) is 0 Å². The molecule has 2 aromatic heterocycles. The fourth-order valence-corrected chi connectivity index (χ4v) is 5.26. The number of aryl methyl sites for hydroxylation is 1. The number of benzene rings is 2. The number of hydrogen-bond acceptors (Lipinski definition) is 4. The first-order chi connectivity index (χ1) is 17.4. The lowest BCUT2D eigenvalue weighted by Crippen LogP contribution is -2.40. The van der Waals surface area contributed by atoms with E-state index in [-0.39, 0.29) is 17.5 Å². The average Bonchev–Trinajstić information content (AvgIpc) is 3.39. The summed E-state index contributed by atoms with van der Waals surface area (Å²) < 4.78 is 1.72. The number of carbonyl (C=O) groups excluding carboxylic acids is 1. The van der Waals surface area contributed by atoms with Gasteiger partial charge in [-0.15, -0.1) is 11.3 Å². The van der Waals surface area contributed by atoms with E-state index in [1.165, 1.54) is 5.56 Å². The molecule has 6 heteroatoms. The molecule has 1 atom stereocenters. The largest absolute Gasteiger partial charge is 0.332 e. The van der Waals surface area contributed by atoms with Crippen LogP contribution in [0, 0.1) is 5.92 Å². The summed E-state index contributed by atoms with van der Waals surface area (Å²) in [5, 5.41) is 2.58. The standard InChI is InChI=1S/C30H35N3O2S/c1-5-22-13-15-23(16-14-22)33-29(31-26-12-8-7-11-25(26)30(33)35)27(6-2)32(18-17-21(3)4)28(34)20-24-10-9-19-36-24/h7-16,19,21,27H,5-6,17-18,20H2,1-4H3. The third-order valence-corrected chi connectivity index (χ3v) is 7.52. The van der Waals surface area contributed by atoms with Gasteiger partial charge < -0.3 is 4.90 Å². The van der Waals surface area contributed by atoms with Crippen LogP contribution in [0.5, 0.6) is 0 Å². The second kappa shape index (κ2) is 11.7. The van der Waals surface area contributed by atoms with Crippen molar-refractivity contribution in [2.45, 2.75) is 59.4 Å². The van der Waals surface area contributed by atoms with Gasteiger partial charge in [0.2, 0.25) is 5.91 Å². The fourth-order valence-electron chi connectivity index (χ4n) is 4.56. The van der Waals surface area contributed by atoms with Gasteiger partial charge in [-0.2, -0.15) is 0 Å². The highest BCUT2D eigenvalue weighted by molar-refractivity contribution is 7.10. The highest BCUT2D eigenvalue weighted by Gasteiger charge is 2.29. The maximum atomic E-state index is 13.9. The smallest absolute Gasteiger partial charge is 0.266 e. The first-order valence-electron chi connectivity index (χ1n) is 12.9. The predicted molar refractivity (Wildman–Crippen MR) is 149 cm³/mol. The van der Waals surface area contributed by atoms with Crippen molar-refractivity contribution in [2.24, 2.45) is 5.92 Å². The van der Waals surface area contributed by atoms with Gasteiger partial charge in [0.15, 0.2) is 0 Å². The van der Waals surface area contributed by atoms with Crippen LogP contribution in [0.1, 0.15) is 62.8 Å². The summed E-state index contributed by atoms with van der Waals surface area (Å²) in [7, 11) is 0. The van der Waals surface area contributed by atoms with Gasteiger partial charge >= 0.3 is 0 Å². The molecule has 0 bridgehead atoms. The summed E-state index contributed by atoms with van der Waals surface area (Å²) >= 11 is 1.60. The lowest BCUT2D eigenvalue weighted by molar-refractivity contribution is -0.133. The molecule has 36 heavy (non-hydrogen) atoms. The molecule has 0 N–H and O–H groups in total. The van der Waals surface area contributed by atoms with Crippen LogP contribution in [0.3, 0.4) is 0 Å². The van der Waals surface area contributed by atoms with Crippen LogP contribution in [-0.4, -0.2) is 26.9 Å². The van der Waals surface area contributed by atoms with Gasteiger partial charge in [-0.1, -0.05) is 58.0 Å². The quantitative estimate of drug-likeness (QED) is 0.247. The Balaban J connectivity index is 1.87. The molecule has 0 saturated carbocycles. The summed E-state index contributed by atoms with van der Waals surface area (Å²) in [4.78, 5) is 35.6. The van der Waals surface area contributed by atoms with E-state index in [9.17, 15) is 9.59 Å². The Morgan fingerprint density at radius 3 is 2.42 bits per heavy atom. The van der Waals surface area contributed by atoms with E-state index < -0.39 is 0 Å². The number of aromatic nitrogens is 2. The molecule has 188 valence electrons. The maximum absolute atomic E-state index is 13.9. The zero-order valence-corrected chi connectivity index (χ0v) is 22.4. The first kappa shape index (κ1) is 25.8. The number of para-hydroxylation sites is 1. The van der Waals surface area contributed by atoms with Crippen molar-refractivity contribution in [2.75, 3.05) is 6.54 Å². The number of nitrogens with zero attached hydrogens (tertiary/aromatic N) is 3. The van der Waals surface area contributed by atoms with Gasteiger partial charge in [0.1, 0.15) is 5.82 Å². The third kappa shape index (κ3) is 5.59. The monoisotopic (exact) mass is 501 g/mol. The van der Waals surface area contributed by atoms with E-state index >= 15 is 0 Å². The molecule has 0 fully saturated rings. The summed E-state index contributed by atoms with van der Waals surface area (Å²) in [6, 6.07) is 19.2. The van der Waals surface area contributed by atoms with Crippen molar-refractivity contribution >= 4 is 28.1 Å². The Bertz CT molecular complexity index is 1360. The maximum Gasteiger partial charge on any atom is 0.266 e. The van der Waals surface area contributed by atoms with Crippen LogP contribution in [-0.2, 0) is 17.6 Å². The minimum atomic E-state index is -0.320. The molecule has 0 aliphatic carbocycles. The van der Waals surface area contributed by atoms with E-state index in [1.54, 1.807) is 15.9 Å². The fraction of sp³-hybridized carbons (Fsp3) is 0.367. The zero-order chi connectivity index (χ0) is 25.7. The highest BCUT2D eigenvalue weighted by Crippen LogP contribution is 2.28. The number of carbonyl (C=O) groups is 1. The minimum absolute atomic E-state index is 0.0697. The number of thiophene rings is 1. The van der Waals surface area contributed by atoms with Gasteiger partial charge in [-0.05, 0) is 66.5 Å². The molecule has 0 aliphatic rings. The van der Waals surface area contributed by atoms with Crippen LogP contribution in [0.2, 0.25) is 0 Å². The number of hydrogen-bond donors (Lipinski definition) is 0. The van der Waals surface area contributed by atoms with Crippen LogP contribution < -0.4 is 5.56 Å². The van der Waals surface area contributed by atoms with Crippen molar-refractivity contribution in [1.29, 1.82) is 0 Å². The van der Waals surface area contributed by atoms with Gasteiger partial charge in [-0.25, -0.2) is 4.98 Å². The highest BCUT2D eigenvalue weighted by atomic mass is 32.1. The van der Waals surface area contributed by atoms with Crippen LogP contribution >= 0.6 is 11.3 Å². The van der Waals surface area contributed by atoms with E-state index in [1.807, 2.05) is 58.8 Å². The van der Waals surface area contributed by atoms with Crippen molar-refractivity contribution in [3.05, 3.63) is 92.7 Å². The first-order valence-corrected chi connectivity index (χ1v) is 13.7. The van der Waals surface area contributed by atoms with Gasteiger partial charge in [0, 0.05) is 11.4 Å². The number of fused-ring (bicyclic) bond motifs is 1. The Labute approximate surface area is 217 Å². The molecule has 0 spiro atoms. The zero-order valence-electron chi connectivity index (χ0n) is 21.6. The van der Waals surface area contributed by atoms with E-state index in [4.69, 9.17) is 4.98 Å². The molecule has 2 heterocycles. The van der Waals surface area contributed by atoms with Crippen molar-refractivity contribution in [1.82, 2.24) is 14.5 Å². The Hall–Kier alpha value is -3.25. The summed E-state index contributed by atoms with van der Waals surface area (Å²) in [5.74, 6) is 1.14. The van der Waals surface area contributed by atoms with E-state index in [0.29, 0.717) is 42.0 Å². The van der Waals surface area contributed by atoms with Gasteiger partial charge in [0.05, 0.1) is 29.1 Å². The Kier molecular flexibility index (Phi) is 8.36. The number of amides is 1. The molecule has 0 saturated heterocycles. The minimum Gasteiger partial charge on any atom is -0.332 e. The molecule has 4 aromatic rings. The van der Waals surface area contributed by atoms with Gasteiger partial charge in [-0.3, -0.25) is 14.2 Å². The third-order valence-electron chi connectivity index (χ3n) is 6.64. The molecule has 0 aliphatic heterocycles. The van der Waals surface area contributed by atoms with E-state index in [0.717, 1.165) is 23.4 Å². The van der Waals surface area contributed by atoms with Crippen LogP contribution in [0.4, 0.5) is 0 Å². The normalized spacial score (nSPS) is 12.2. The average molecular weight is 502 g/mol. The van der Waals surface area contributed by atoms with Gasteiger partial charge in [0.25, 0.3) is 5.56 Å². The van der Waals surface area contributed by atoms with Crippen LogP contribution in [0.25, 0.3) is 16.6 Å². The molecule has 0 radical (unpaired) electrons. The lowest BCUT2D eigenvalue weighted by Gasteiger charge is -2.33. The molecule has 5 nitrogen and oxygen atoms in total. The number of rotatable bonds is 10. The summed E-state index contributed by atoms with van der Waals surface area (Å²) in [6.07, 6.45) is 2.83. The predicted octanol–water partition coefficient (Wildman–Crippen LogP) is 6.58. The molecule has 2 aromatic carbocycles. The Morgan fingerprint density at radius 2 is 1.78 bits per heavy atom. The van der Waals surface area contributed by atoms with Crippen molar-refractivity contribution < 1.29 is 4.79 Å². The molecule has 1 amide bonds. The SMILES string of the molecule is CCc1ccc(-n2c(C(CC)N(CCC(C)C)C(=O)Cc3cccs3)nc3ccccc3c2=O)cc1. The molecule has 1 unspecified atom stereocenters. The molecular weight excluding hydrogens is 466 g/mol. The Morgan fingerprint density at radius 1 is 1.03 bits per heavy atom.